The van der Waals surface area contributed by atoms with Gasteiger partial charge in [-0.3, -0.25) is 0 Å². The molecule has 1 aromatic heterocycles. The molecule has 1 N–H and O–H groups in total. The second-order valence-corrected chi connectivity index (χ2v) is 8.76. The number of benzene rings is 2. The Kier molecular flexibility index (Phi) is 6.60. The third-order valence-corrected chi connectivity index (χ3v) is 6.05. The summed E-state index contributed by atoms with van der Waals surface area (Å²) in [7, 11) is -3.73. The van der Waals surface area contributed by atoms with Crippen LogP contribution >= 0.6 is 0 Å². The summed E-state index contributed by atoms with van der Waals surface area (Å²) in [5.41, 5.74) is 4.95. The number of nitrogens with zero attached hydrogens (tertiary/aromatic N) is 2. The van der Waals surface area contributed by atoms with Gasteiger partial charge in [-0.1, -0.05) is 17.7 Å². The zero-order chi connectivity index (χ0) is 22.6. The molecule has 0 fully saturated rings. The highest BCUT2D eigenvalue weighted by Gasteiger charge is 2.14. The number of carbonyl (C=O) groups is 1. The van der Waals surface area contributed by atoms with Crippen LogP contribution in [0.15, 0.2) is 64.6 Å². The van der Waals surface area contributed by atoms with Gasteiger partial charge in [0.1, 0.15) is 0 Å². The van der Waals surface area contributed by atoms with E-state index in [1.807, 2.05) is 43.5 Å². The minimum absolute atomic E-state index is 0.155. The number of hydrogen-bond donors (Lipinski definition) is 1. The molecule has 2 aromatic carbocycles. The molecule has 1 heterocycles. The molecule has 0 saturated heterocycles. The molecule has 162 valence electrons. The van der Waals surface area contributed by atoms with Gasteiger partial charge in [0, 0.05) is 22.6 Å². The molecule has 0 radical (unpaired) electrons. The van der Waals surface area contributed by atoms with Crippen molar-refractivity contribution in [3.05, 3.63) is 82.7 Å². The predicted molar refractivity (Wildman–Crippen MR) is 120 cm³/mol. The minimum atomic E-state index is -3.73. The van der Waals surface area contributed by atoms with Crippen molar-refractivity contribution in [2.24, 2.45) is 5.10 Å². The van der Waals surface area contributed by atoms with Crippen LogP contribution in [0.2, 0.25) is 0 Å². The maximum Gasteiger partial charge on any atom is 0.338 e. The van der Waals surface area contributed by atoms with Gasteiger partial charge >= 0.3 is 5.97 Å². The summed E-state index contributed by atoms with van der Waals surface area (Å²) in [5, 5.41) is 3.94. The second-order valence-electron chi connectivity index (χ2n) is 7.10. The molecule has 31 heavy (non-hydrogen) atoms. The van der Waals surface area contributed by atoms with E-state index in [1.165, 1.54) is 6.21 Å². The number of ether oxygens (including phenoxy) is 1. The summed E-state index contributed by atoms with van der Waals surface area (Å²) in [6, 6.07) is 15.6. The van der Waals surface area contributed by atoms with E-state index in [0.717, 1.165) is 28.2 Å². The Morgan fingerprint density at radius 1 is 1.06 bits per heavy atom. The third kappa shape index (κ3) is 5.03. The Bertz CT molecular complexity index is 1210. The van der Waals surface area contributed by atoms with E-state index < -0.39 is 10.0 Å². The van der Waals surface area contributed by atoms with Crippen molar-refractivity contribution in [1.82, 2.24) is 9.40 Å². The number of hydrazone groups is 1. The maximum atomic E-state index is 12.4. The van der Waals surface area contributed by atoms with Gasteiger partial charge in [0.05, 0.1) is 23.3 Å². The van der Waals surface area contributed by atoms with Crippen molar-refractivity contribution in [2.75, 3.05) is 6.61 Å². The predicted octanol–water partition coefficient (Wildman–Crippen LogP) is 3.89. The summed E-state index contributed by atoms with van der Waals surface area (Å²) in [4.78, 5) is 14.3. The van der Waals surface area contributed by atoms with E-state index in [1.54, 1.807) is 43.3 Å². The molecule has 0 aliphatic heterocycles. The molecule has 0 spiro atoms. The van der Waals surface area contributed by atoms with E-state index >= 15 is 0 Å². The topological polar surface area (TPSA) is 89.8 Å². The van der Waals surface area contributed by atoms with Crippen LogP contribution in [0, 0.1) is 20.8 Å². The van der Waals surface area contributed by atoms with Crippen molar-refractivity contribution in [2.45, 2.75) is 32.6 Å². The maximum absolute atomic E-state index is 12.4. The molecule has 0 bridgehead atoms. The molecule has 0 unspecified atom stereocenters. The SMILES string of the molecule is CCOC(=O)c1ccc(-n2c(C)cc(/C=N\NS(=O)(=O)c3ccc(C)cc3)c2C)cc1. The van der Waals surface area contributed by atoms with E-state index in [0.29, 0.717) is 12.2 Å². The third-order valence-electron chi connectivity index (χ3n) is 4.81. The van der Waals surface area contributed by atoms with Crippen LogP contribution in [0.25, 0.3) is 5.69 Å². The summed E-state index contributed by atoms with van der Waals surface area (Å²) >= 11 is 0. The number of rotatable bonds is 7. The van der Waals surface area contributed by atoms with Crippen LogP contribution in [-0.2, 0) is 14.8 Å². The van der Waals surface area contributed by atoms with Crippen LogP contribution in [-0.4, -0.2) is 31.8 Å². The van der Waals surface area contributed by atoms with E-state index in [4.69, 9.17) is 4.74 Å². The number of nitrogens with one attached hydrogen (secondary N) is 1. The van der Waals surface area contributed by atoms with Crippen LogP contribution < -0.4 is 4.83 Å². The Morgan fingerprint density at radius 2 is 1.71 bits per heavy atom. The van der Waals surface area contributed by atoms with Gasteiger partial charge in [-0.15, -0.1) is 0 Å². The Balaban J connectivity index is 1.80. The average Bonchev–Trinajstić information content (AvgIpc) is 3.01. The highest BCUT2D eigenvalue weighted by molar-refractivity contribution is 7.89. The Morgan fingerprint density at radius 3 is 2.32 bits per heavy atom. The molecule has 8 heteroatoms. The van der Waals surface area contributed by atoms with Crippen molar-refractivity contribution in [3.63, 3.8) is 0 Å². The van der Waals surface area contributed by atoms with Crippen LogP contribution in [0.4, 0.5) is 0 Å². The molecule has 7 nitrogen and oxygen atoms in total. The zero-order valence-electron chi connectivity index (χ0n) is 17.9. The number of aryl methyl sites for hydroxylation is 2. The number of esters is 1. The smallest absolute Gasteiger partial charge is 0.338 e. The van der Waals surface area contributed by atoms with E-state index in [9.17, 15) is 13.2 Å². The van der Waals surface area contributed by atoms with Gasteiger partial charge in [-0.2, -0.15) is 13.5 Å². The lowest BCUT2D eigenvalue weighted by atomic mass is 10.2. The van der Waals surface area contributed by atoms with Gasteiger partial charge < -0.3 is 9.30 Å². The zero-order valence-corrected chi connectivity index (χ0v) is 18.7. The first kappa shape index (κ1) is 22.3. The highest BCUT2D eigenvalue weighted by Crippen LogP contribution is 2.20. The van der Waals surface area contributed by atoms with Crippen molar-refractivity contribution < 1.29 is 17.9 Å². The first-order chi connectivity index (χ1) is 14.7. The standard InChI is InChI=1S/C23H25N3O4S/c1-5-30-23(27)19-8-10-21(11-9-19)26-17(3)14-20(18(26)4)15-24-25-31(28,29)22-12-6-16(2)7-13-22/h6-15,25H,5H2,1-4H3/b24-15-. The summed E-state index contributed by atoms with van der Waals surface area (Å²) in [5.74, 6) is -0.358. The normalized spacial score (nSPS) is 11.6. The lowest BCUT2D eigenvalue weighted by Crippen LogP contribution is -2.18. The quantitative estimate of drug-likeness (QED) is 0.344. The Labute approximate surface area is 182 Å². The monoisotopic (exact) mass is 439 g/mol. The minimum Gasteiger partial charge on any atom is -0.462 e. The van der Waals surface area contributed by atoms with E-state index in [2.05, 4.69) is 9.93 Å². The van der Waals surface area contributed by atoms with Crippen molar-refractivity contribution in [1.29, 1.82) is 0 Å². The van der Waals surface area contributed by atoms with Crippen LogP contribution in [0.1, 0.15) is 39.8 Å². The highest BCUT2D eigenvalue weighted by atomic mass is 32.2. The molecular weight excluding hydrogens is 414 g/mol. The first-order valence-electron chi connectivity index (χ1n) is 9.81. The number of carbonyl (C=O) groups excluding carboxylic acids is 1. The molecule has 0 aliphatic carbocycles. The number of hydrogen-bond acceptors (Lipinski definition) is 5. The fourth-order valence-electron chi connectivity index (χ4n) is 3.21. The van der Waals surface area contributed by atoms with Gasteiger partial charge in [0.25, 0.3) is 10.0 Å². The molecule has 0 atom stereocenters. The van der Waals surface area contributed by atoms with Crippen LogP contribution in [0.5, 0.6) is 0 Å². The number of sulfonamides is 1. The number of aromatic nitrogens is 1. The van der Waals surface area contributed by atoms with Crippen molar-refractivity contribution >= 4 is 22.2 Å². The first-order valence-corrected chi connectivity index (χ1v) is 11.3. The van der Waals surface area contributed by atoms with E-state index in [-0.39, 0.29) is 10.9 Å². The Hall–Kier alpha value is -3.39. The molecule has 0 aliphatic rings. The van der Waals surface area contributed by atoms with Crippen LogP contribution in [0.3, 0.4) is 0 Å². The largest absolute Gasteiger partial charge is 0.462 e. The molecule has 3 rings (SSSR count). The molecule has 0 amide bonds. The second kappa shape index (κ2) is 9.18. The summed E-state index contributed by atoms with van der Waals surface area (Å²) in [6.45, 7) is 7.85. The molecule has 3 aromatic rings. The lowest BCUT2D eigenvalue weighted by Gasteiger charge is -2.10. The molecular formula is C23H25N3O4S. The molecule has 0 saturated carbocycles. The lowest BCUT2D eigenvalue weighted by molar-refractivity contribution is 0.0526. The summed E-state index contributed by atoms with van der Waals surface area (Å²) < 4.78 is 31.8. The van der Waals surface area contributed by atoms with Crippen molar-refractivity contribution in [3.8, 4) is 5.69 Å². The van der Waals surface area contributed by atoms with Gasteiger partial charge in [-0.05, 0) is 70.2 Å². The van der Waals surface area contributed by atoms with Gasteiger partial charge in [0.15, 0.2) is 0 Å². The van der Waals surface area contributed by atoms with Gasteiger partial charge in [-0.25, -0.2) is 9.63 Å². The van der Waals surface area contributed by atoms with Gasteiger partial charge in [0.2, 0.25) is 0 Å². The fourth-order valence-corrected chi connectivity index (χ4v) is 4.00. The summed E-state index contributed by atoms with van der Waals surface area (Å²) in [6.07, 6.45) is 1.48. The average molecular weight is 440 g/mol. The fraction of sp³-hybridized carbons (Fsp3) is 0.217.